The molecule has 0 aromatic heterocycles. The second-order valence-corrected chi connectivity index (χ2v) is 5.51. The lowest BCUT2D eigenvalue weighted by molar-refractivity contribution is -0.122. The predicted octanol–water partition coefficient (Wildman–Crippen LogP) is 1.68. The smallest absolute Gasteiger partial charge is 0.236 e. The van der Waals surface area contributed by atoms with E-state index in [1.807, 2.05) is 0 Å². The Morgan fingerprint density at radius 2 is 2.17 bits per heavy atom. The lowest BCUT2D eigenvalue weighted by Crippen LogP contribution is -2.43. The minimum absolute atomic E-state index is 0.0103. The van der Waals surface area contributed by atoms with Gasteiger partial charge in [-0.05, 0) is 31.1 Å². The first-order chi connectivity index (χ1) is 8.65. The van der Waals surface area contributed by atoms with Crippen LogP contribution in [-0.4, -0.2) is 32.2 Å². The molecule has 3 N–H and O–H groups in total. The van der Waals surface area contributed by atoms with Gasteiger partial charge in [-0.25, -0.2) is 0 Å². The van der Waals surface area contributed by atoms with Gasteiger partial charge in [-0.15, -0.1) is 0 Å². The maximum atomic E-state index is 11.8. The summed E-state index contributed by atoms with van der Waals surface area (Å²) < 4.78 is 4.95. The number of amides is 1. The van der Waals surface area contributed by atoms with Gasteiger partial charge in [0, 0.05) is 20.3 Å². The first kappa shape index (κ1) is 15.4. The van der Waals surface area contributed by atoms with Gasteiger partial charge in [-0.2, -0.15) is 0 Å². The molecule has 1 rings (SSSR count). The molecule has 1 saturated carbocycles. The van der Waals surface area contributed by atoms with E-state index in [4.69, 9.17) is 10.5 Å². The van der Waals surface area contributed by atoms with Crippen molar-refractivity contribution in [2.24, 2.45) is 17.6 Å². The summed E-state index contributed by atoms with van der Waals surface area (Å²) in [6, 6.07) is -0.390. The quantitative estimate of drug-likeness (QED) is 0.681. The standard InChI is InChI=1S/C14H28N2O2/c1-11-6-3-4-7-12(11)10-16-14(17)13(15)8-5-9-18-2/h11-13H,3-10,15H2,1-2H3,(H,16,17). The molecule has 0 spiro atoms. The van der Waals surface area contributed by atoms with Gasteiger partial charge in [-0.3, -0.25) is 4.79 Å². The van der Waals surface area contributed by atoms with Crippen molar-refractivity contribution < 1.29 is 9.53 Å². The normalized spacial score (nSPS) is 25.7. The molecule has 0 heterocycles. The summed E-state index contributed by atoms with van der Waals surface area (Å²) in [6.07, 6.45) is 6.69. The fourth-order valence-electron chi connectivity index (χ4n) is 2.64. The summed E-state index contributed by atoms with van der Waals surface area (Å²) in [4.78, 5) is 11.8. The third-order valence-corrected chi connectivity index (χ3v) is 4.03. The molecule has 0 aliphatic heterocycles. The van der Waals surface area contributed by atoms with Gasteiger partial charge < -0.3 is 15.8 Å². The molecule has 0 saturated heterocycles. The predicted molar refractivity (Wildman–Crippen MR) is 73.2 cm³/mol. The molecule has 0 radical (unpaired) electrons. The third-order valence-electron chi connectivity index (χ3n) is 4.03. The average molecular weight is 256 g/mol. The van der Waals surface area contributed by atoms with E-state index in [9.17, 15) is 4.79 Å². The van der Waals surface area contributed by atoms with Crippen LogP contribution in [0.3, 0.4) is 0 Å². The van der Waals surface area contributed by atoms with E-state index in [-0.39, 0.29) is 11.9 Å². The van der Waals surface area contributed by atoms with Crippen molar-refractivity contribution in [2.75, 3.05) is 20.3 Å². The van der Waals surface area contributed by atoms with Crippen molar-refractivity contribution in [3.63, 3.8) is 0 Å². The SMILES string of the molecule is COCCCC(N)C(=O)NCC1CCCCC1C. The monoisotopic (exact) mass is 256 g/mol. The van der Waals surface area contributed by atoms with Crippen LogP contribution in [0.25, 0.3) is 0 Å². The molecular formula is C14H28N2O2. The van der Waals surface area contributed by atoms with Crippen molar-refractivity contribution in [3.05, 3.63) is 0 Å². The Morgan fingerprint density at radius 3 is 2.83 bits per heavy atom. The minimum atomic E-state index is -0.390. The van der Waals surface area contributed by atoms with Crippen LogP contribution in [0.1, 0.15) is 45.4 Å². The average Bonchev–Trinajstić information content (AvgIpc) is 2.37. The molecule has 0 bridgehead atoms. The molecule has 1 fully saturated rings. The number of methoxy groups -OCH3 is 1. The summed E-state index contributed by atoms with van der Waals surface area (Å²) in [5, 5.41) is 3.00. The van der Waals surface area contributed by atoms with E-state index in [1.165, 1.54) is 25.7 Å². The lowest BCUT2D eigenvalue weighted by atomic mass is 9.80. The van der Waals surface area contributed by atoms with Crippen molar-refractivity contribution in [1.82, 2.24) is 5.32 Å². The summed E-state index contributed by atoms with van der Waals surface area (Å²) in [5.41, 5.74) is 5.84. The Morgan fingerprint density at radius 1 is 1.44 bits per heavy atom. The number of carbonyl (C=O) groups is 1. The molecule has 0 aromatic rings. The fraction of sp³-hybridized carbons (Fsp3) is 0.929. The maximum absolute atomic E-state index is 11.8. The second kappa shape index (κ2) is 8.48. The van der Waals surface area contributed by atoms with E-state index in [2.05, 4.69) is 12.2 Å². The highest BCUT2D eigenvalue weighted by Crippen LogP contribution is 2.28. The third kappa shape index (κ3) is 5.36. The largest absolute Gasteiger partial charge is 0.385 e. The zero-order valence-electron chi connectivity index (χ0n) is 11.8. The van der Waals surface area contributed by atoms with Gasteiger partial charge in [0.25, 0.3) is 0 Å². The van der Waals surface area contributed by atoms with Crippen molar-refractivity contribution in [1.29, 1.82) is 0 Å². The van der Waals surface area contributed by atoms with Crippen LogP contribution in [0.2, 0.25) is 0 Å². The highest BCUT2D eigenvalue weighted by Gasteiger charge is 2.22. The Labute approximate surface area is 111 Å². The number of nitrogens with two attached hydrogens (primary N) is 1. The van der Waals surface area contributed by atoms with Crippen LogP contribution in [0, 0.1) is 11.8 Å². The Balaban J connectivity index is 2.18. The number of ether oxygens (including phenoxy) is 1. The van der Waals surface area contributed by atoms with Gasteiger partial charge in [0.15, 0.2) is 0 Å². The van der Waals surface area contributed by atoms with Gasteiger partial charge in [-0.1, -0.05) is 26.2 Å². The van der Waals surface area contributed by atoms with Crippen molar-refractivity contribution >= 4 is 5.91 Å². The Bertz CT molecular complexity index is 246. The summed E-state index contributed by atoms with van der Waals surface area (Å²) in [5.74, 6) is 1.35. The van der Waals surface area contributed by atoms with Gasteiger partial charge in [0.1, 0.15) is 0 Å². The van der Waals surface area contributed by atoms with Crippen LogP contribution in [-0.2, 0) is 9.53 Å². The van der Waals surface area contributed by atoms with Crippen molar-refractivity contribution in [2.45, 2.75) is 51.5 Å². The van der Waals surface area contributed by atoms with Crippen LogP contribution in [0.4, 0.5) is 0 Å². The number of hydrogen-bond acceptors (Lipinski definition) is 3. The molecule has 3 atom stereocenters. The number of carbonyl (C=O) groups excluding carboxylic acids is 1. The number of hydrogen-bond donors (Lipinski definition) is 2. The van der Waals surface area contributed by atoms with Gasteiger partial charge >= 0.3 is 0 Å². The van der Waals surface area contributed by atoms with Crippen LogP contribution < -0.4 is 11.1 Å². The van der Waals surface area contributed by atoms with Gasteiger partial charge in [0.2, 0.25) is 5.91 Å². The molecule has 1 amide bonds. The lowest BCUT2D eigenvalue weighted by Gasteiger charge is -2.29. The number of rotatable bonds is 7. The molecular weight excluding hydrogens is 228 g/mol. The Hall–Kier alpha value is -0.610. The zero-order valence-corrected chi connectivity index (χ0v) is 11.8. The fourth-order valence-corrected chi connectivity index (χ4v) is 2.64. The van der Waals surface area contributed by atoms with E-state index < -0.39 is 0 Å². The molecule has 4 heteroatoms. The first-order valence-electron chi connectivity index (χ1n) is 7.17. The topological polar surface area (TPSA) is 64.3 Å². The van der Waals surface area contributed by atoms with E-state index in [0.717, 1.165) is 18.9 Å². The molecule has 106 valence electrons. The van der Waals surface area contributed by atoms with Gasteiger partial charge in [0.05, 0.1) is 6.04 Å². The first-order valence-corrected chi connectivity index (χ1v) is 7.17. The van der Waals surface area contributed by atoms with Crippen LogP contribution in [0.5, 0.6) is 0 Å². The highest BCUT2D eigenvalue weighted by atomic mass is 16.5. The Kier molecular flexibility index (Phi) is 7.28. The van der Waals surface area contributed by atoms with Crippen LogP contribution >= 0.6 is 0 Å². The molecule has 18 heavy (non-hydrogen) atoms. The minimum Gasteiger partial charge on any atom is -0.385 e. The molecule has 1 aliphatic rings. The van der Waals surface area contributed by atoms with Crippen molar-refractivity contribution in [3.8, 4) is 0 Å². The molecule has 1 aliphatic carbocycles. The van der Waals surface area contributed by atoms with E-state index in [0.29, 0.717) is 18.9 Å². The highest BCUT2D eigenvalue weighted by molar-refractivity contribution is 5.81. The summed E-state index contributed by atoms with van der Waals surface area (Å²) in [6.45, 7) is 3.74. The second-order valence-electron chi connectivity index (χ2n) is 5.51. The van der Waals surface area contributed by atoms with E-state index >= 15 is 0 Å². The molecule has 4 nitrogen and oxygen atoms in total. The molecule has 3 unspecified atom stereocenters. The van der Waals surface area contributed by atoms with Crippen LogP contribution in [0.15, 0.2) is 0 Å². The zero-order chi connectivity index (χ0) is 13.4. The number of nitrogens with one attached hydrogen (secondary N) is 1. The summed E-state index contributed by atoms with van der Waals surface area (Å²) >= 11 is 0. The summed E-state index contributed by atoms with van der Waals surface area (Å²) in [7, 11) is 1.66. The van der Waals surface area contributed by atoms with E-state index in [1.54, 1.807) is 7.11 Å². The maximum Gasteiger partial charge on any atom is 0.236 e. The molecule has 0 aromatic carbocycles.